The second-order valence-corrected chi connectivity index (χ2v) is 20.6. The fourth-order valence-electron chi connectivity index (χ4n) is 7.65. The van der Waals surface area contributed by atoms with Gasteiger partial charge in [-0.05, 0) is 51.4 Å². The van der Waals surface area contributed by atoms with Crippen LogP contribution in [0.5, 0.6) is 0 Å². The lowest BCUT2D eigenvalue weighted by Gasteiger charge is -2.29. The lowest BCUT2D eigenvalue weighted by atomic mass is 10.0. The maximum Gasteiger partial charge on any atom is 0.268 e. The Hall–Kier alpha value is -1.28. The van der Waals surface area contributed by atoms with Gasteiger partial charge < -0.3 is 28.8 Å². The van der Waals surface area contributed by atoms with E-state index in [9.17, 15) is 19.4 Å². The van der Waals surface area contributed by atoms with E-state index in [-0.39, 0.29) is 19.1 Å². The number of nitrogens with one attached hydrogen (secondary N) is 1. The normalized spacial score (nSPS) is 14.4. The number of aliphatic hydroxyl groups excluding tert-OH is 1. The van der Waals surface area contributed by atoms with Crippen LogP contribution < -0.4 is 10.2 Å². The van der Waals surface area contributed by atoms with Crippen LogP contribution in [0, 0.1) is 0 Å². The summed E-state index contributed by atoms with van der Waals surface area (Å²) < 4.78 is 23.0. The fraction of sp³-hybridized carbons (Fsp3) is 0.868. The van der Waals surface area contributed by atoms with Crippen molar-refractivity contribution in [2.24, 2.45) is 0 Å². The maximum atomic E-state index is 12.8. The topological polar surface area (TPSA) is 108 Å². The van der Waals surface area contributed by atoms with E-state index in [1.165, 1.54) is 173 Å². The number of carbonyl (C=O) groups excluding carboxylic acids is 1. The molecule has 0 spiro atoms. The van der Waals surface area contributed by atoms with Crippen LogP contribution in [0.1, 0.15) is 245 Å². The molecular weight excluding hydrogens is 792 g/mol. The molecule has 0 saturated heterocycles. The molecule has 0 radical (unpaired) electrons. The molecule has 0 rings (SSSR count). The van der Waals surface area contributed by atoms with Crippen molar-refractivity contribution in [3.63, 3.8) is 0 Å². The van der Waals surface area contributed by atoms with Crippen LogP contribution in [0.25, 0.3) is 0 Å². The van der Waals surface area contributed by atoms with Gasteiger partial charge in [-0.1, -0.05) is 224 Å². The highest BCUT2D eigenvalue weighted by Gasteiger charge is 2.23. The predicted octanol–water partition coefficient (Wildman–Crippen LogP) is 14.8. The molecule has 0 fully saturated rings. The van der Waals surface area contributed by atoms with Crippen molar-refractivity contribution in [3.8, 4) is 0 Å². The monoisotopic (exact) mass is 895 g/mol. The molecular formula is C53H103N2O6P. The molecule has 9 heteroatoms. The van der Waals surface area contributed by atoms with Gasteiger partial charge in [-0.15, -0.1) is 0 Å². The van der Waals surface area contributed by atoms with Crippen LogP contribution in [-0.2, 0) is 18.4 Å². The molecule has 0 saturated carbocycles. The van der Waals surface area contributed by atoms with Gasteiger partial charge in [0.25, 0.3) is 7.82 Å². The number of rotatable bonds is 48. The van der Waals surface area contributed by atoms with Crippen LogP contribution >= 0.6 is 7.82 Å². The molecule has 0 aromatic heterocycles. The largest absolute Gasteiger partial charge is 0.756 e. The van der Waals surface area contributed by atoms with Gasteiger partial charge in [-0.2, -0.15) is 0 Å². The summed E-state index contributed by atoms with van der Waals surface area (Å²) in [4.78, 5) is 25.1. The Morgan fingerprint density at radius 3 is 1.37 bits per heavy atom. The molecule has 366 valence electrons. The molecule has 0 heterocycles. The zero-order valence-corrected chi connectivity index (χ0v) is 42.5. The predicted molar refractivity (Wildman–Crippen MR) is 265 cm³/mol. The number of quaternary nitrogens is 1. The van der Waals surface area contributed by atoms with Crippen LogP contribution in [-0.4, -0.2) is 68.5 Å². The number of carbonyl (C=O) groups is 1. The van der Waals surface area contributed by atoms with Gasteiger partial charge in [0.05, 0.1) is 39.9 Å². The zero-order valence-electron chi connectivity index (χ0n) is 41.6. The van der Waals surface area contributed by atoms with Crippen molar-refractivity contribution in [2.75, 3.05) is 40.9 Å². The third-order valence-electron chi connectivity index (χ3n) is 11.8. The summed E-state index contributed by atoms with van der Waals surface area (Å²) in [6, 6.07) is -0.880. The Kier molecular flexibility index (Phi) is 44.0. The van der Waals surface area contributed by atoms with Gasteiger partial charge >= 0.3 is 0 Å². The van der Waals surface area contributed by atoms with Crippen molar-refractivity contribution >= 4 is 13.7 Å². The van der Waals surface area contributed by atoms with Gasteiger partial charge in [-0.3, -0.25) is 9.36 Å². The van der Waals surface area contributed by atoms with Crippen LogP contribution in [0.15, 0.2) is 36.5 Å². The summed E-state index contributed by atoms with van der Waals surface area (Å²) in [5.74, 6) is -0.202. The molecule has 3 atom stereocenters. The molecule has 0 aromatic rings. The van der Waals surface area contributed by atoms with Gasteiger partial charge in [0.2, 0.25) is 5.91 Å². The van der Waals surface area contributed by atoms with E-state index >= 15 is 0 Å². The van der Waals surface area contributed by atoms with Crippen molar-refractivity contribution in [1.82, 2.24) is 5.32 Å². The number of aliphatic hydroxyl groups is 1. The number of amides is 1. The van der Waals surface area contributed by atoms with E-state index in [0.717, 1.165) is 51.4 Å². The second kappa shape index (κ2) is 44.9. The van der Waals surface area contributed by atoms with Crippen molar-refractivity contribution in [1.29, 1.82) is 0 Å². The summed E-state index contributed by atoms with van der Waals surface area (Å²) in [6.07, 6.45) is 57.2. The summed E-state index contributed by atoms with van der Waals surface area (Å²) >= 11 is 0. The number of likely N-dealkylation sites (N-methyl/N-ethyl adjacent to an activating group) is 1. The van der Waals surface area contributed by atoms with E-state index in [1.807, 2.05) is 27.2 Å². The lowest BCUT2D eigenvalue weighted by Crippen LogP contribution is -2.45. The van der Waals surface area contributed by atoms with Gasteiger partial charge in [0, 0.05) is 6.42 Å². The Morgan fingerprint density at radius 1 is 0.565 bits per heavy atom. The van der Waals surface area contributed by atoms with Crippen LogP contribution in [0.2, 0.25) is 0 Å². The van der Waals surface area contributed by atoms with E-state index in [0.29, 0.717) is 17.4 Å². The minimum atomic E-state index is -4.57. The highest BCUT2D eigenvalue weighted by molar-refractivity contribution is 7.45. The highest BCUT2D eigenvalue weighted by Crippen LogP contribution is 2.38. The van der Waals surface area contributed by atoms with Gasteiger partial charge in [0.1, 0.15) is 13.2 Å². The number of unbranched alkanes of at least 4 members (excludes halogenated alkanes) is 31. The summed E-state index contributed by atoms with van der Waals surface area (Å²) in [5, 5.41) is 13.6. The molecule has 1 amide bonds. The average Bonchev–Trinajstić information content (AvgIpc) is 3.23. The smallest absolute Gasteiger partial charge is 0.268 e. The van der Waals surface area contributed by atoms with Crippen molar-refractivity contribution < 1.29 is 32.9 Å². The van der Waals surface area contributed by atoms with Crippen molar-refractivity contribution in [2.45, 2.75) is 257 Å². The Labute approximate surface area is 385 Å². The highest BCUT2D eigenvalue weighted by atomic mass is 31.2. The third-order valence-corrected chi connectivity index (χ3v) is 12.8. The van der Waals surface area contributed by atoms with Gasteiger partial charge in [-0.25, -0.2) is 0 Å². The maximum absolute atomic E-state index is 12.8. The van der Waals surface area contributed by atoms with Crippen molar-refractivity contribution in [3.05, 3.63) is 36.5 Å². The Morgan fingerprint density at radius 2 is 0.935 bits per heavy atom. The standard InChI is InChI=1S/C53H103N2O6P/c1-6-8-10-12-13-14-15-16-17-18-19-20-21-22-23-24-25-26-27-28-29-30-31-32-33-34-35-36-37-38-39-40-41-43-45-47-53(57)54-51(52(56)46-44-42-11-9-7-2)50-61-62(58,59)60-49-48-55(3,4)5/h15-16,18-19,44,46,51-52,56H,6-14,17,20-43,45,47-50H2,1-5H3,(H-,54,57,58,59)/b16-15-,19-18-,46-44+. The second-order valence-electron chi connectivity index (χ2n) is 19.2. The Balaban J connectivity index is 3.74. The molecule has 8 nitrogen and oxygen atoms in total. The number of allylic oxidation sites excluding steroid dienone is 5. The summed E-state index contributed by atoms with van der Waals surface area (Å²) in [6.45, 7) is 4.53. The molecule has 3 unspecified atom stereocenters. The fourth-order valence-corrected chi connectivity index (χ4v) is 8.38. The lowest BCUT2D eigenvalue weighted by molar-refractivity contribution is -0.870. The first-order valence-corrected chi connectivity index (χ1v) is 27.8. The quantitative estimate of drug-likeness (QED) is 0.0273. The molecule has 0 aromatic carbocycles. The molecule has 0 aliphatic rings. The first kappa shape index (κ1) is 60.7. The number of nitrogens with zero attached hydrogens (tertiary/aromatic N) is 1. The van der Waals surface area contributed by atoms with Gasteiger partial charge in [0.15, 0.2) is 0 Å². The molecule has 0 aliphatic heterocycles. The summed E-state index contributed by atoms with van der Waals surface area (Å²) in [7, 11) is 1.26. The van der Waals surface area contributed by atoms with Crippen LogP contribution in [0.4, 0.5) is 0 Å². The van der Waals surface area contributed by atoms with E-state index in [2.05, 4.69) is 43.5 Å². The van der Waals surface area contributed by atoms with E-state index in [4.69, 9.17) is 9.05 Å². The number of hydrogen-bond donors (Lipinski definition) is 2. The van der Waals surface area contributed by atoms with E-state index in [1.54, 1.807) is 6.08 Å². The number of hydrogen-bond acceptors (Lipinski definition) is 6. The Bertz CT molecular complexity index is 1110. The summed E-state index contributed by atoms with van der Waals surface area (Å²) in [5.41, 5.74) is 0. The molecule has 62 heavy (non-hydrogen) atoms. The first-order chi connectivity index (χ1) is 30.0. The average molecular weight is 895 g/mol. The number of phosphoric acid groups is 1. The number of phosphoric ester groups is 1. The minimum absolute atomic E-state index is 0.000620. The molecule has 0 bridgehead atoms. The van der Waals surface area contributed by atoms with E-state index < -0.39 is 20.0 Å². The molecule has 2 N–H and O–H groups in total. The molecule has 0 aliphatic carbocycles. The zero-order chi connectivity index (χ0) is 45.7. The first-order valence-electron chi connectivity index (χ1n) is 26.4. The minimum Gasteiger partial charge on any atom is -0.756 e. The van der Waals surface area contributed by atoms with Crippen LogP contribution in [0.3, 0.4) is 0 Å². The third kappa shape index (κ3) is 46.7. The SMILES string of the molecule is CCCCC/C=C/C(O)C(COP(=O)([O-])OCC[N+](C)(C)C)NC(=O)CCCCCCCCCCCCCCCCCCCCCCCCC/C=C\C/C=C\CCCCCCC.